The quantitative estimate of drug-likeness (QED) is 0.481. The molecule has 0 atom stereocenters. The minimum Gasteiger partial charge on any atom is -0.448 e. The minimum absolute atomic E-state index is 0.0127. The third-order valence-corrected chi connectivity index (χ3v) is 6.12. The van der Waals surface area contributed by atoms with Gasteiger partial charge in [0.15, 0.2) is 0 Å². The van der Waals surface area contributed by atoms with Crippen molar-refractivity contribution in [3.63, 3.8) is 0 Å². The fourth-order valence-corrected chi connectivity index (χ4v) is 4.51. The van der Waals surface area contributed by atoms with Gasteiger partial charge in [0.2, 0.25) is 0 Å². The molecule has 0 aromatic heterocycles. The van der Waals surface area contributed by atoms with Crippen molar-refractivity contribution in [2.45, 2.75) is 18.0 Å². The van der Waals surface area contributed by atoms with Crippen LogP contribution in [0.25, 0.3) is 0 Å². The van der Waals surface area contributed by atoms with Gasteiger partial charge in [0.1, 0.15) is 6.61 Å². The van der Waals surface area contributed by atoms with Gasteiger partial charge in [0.05, 0.1) is 24.6 Å². The lowest BCUT2D eigenvalue weighted by molar-refractivity contribution is 0.157. The molecule has 4 rings (SSSR count). The Labute approximate surface area is 162 Å². The summed E-state index contributed by atoms with van der Waals surface area (Å²) in [5.41, 5.74) is 8.22. The molecule has 0 aliphatic carbocycles. The van der Waals surface area contributed by atoms with Crippen LogP contribution in [-0.2, 0) is 32.6 Å². The molecule has 0 unspecified atom stereocenters. The van der Waals surface area contributed by atoms with Gasteiger partial charge in [-0.2, -0.15) is 0 Å². The molecular weight excluding hydrogens is 385 g/mol. The van der Waals surface area contributed by atoms with Crippen molar-refractivity contribution in [3.05, 3.63) is 47.5 Å². The second-order valence-electron chi connectivity index (χ2n) is 6.59. The van der Waals surface area contributed by atoms with Crippen LogP contribution in [0.3, 0.4) is 0 Å². The van der Waals surface area contributed by atoms with Crippen LogP contribution in [0.2, 0.25) is 0 Å². The molecule has 11 heteroatoms. The van der Waals surface area contributed by atoms with Crippen LogP contribution < -0.4 is 15.9 Å². The number of amides is 1. The summed E-state index contributed by atoms with van der Waals surface area (Å²) in [6.07, 6.45) is -0.494. The largest absolute Gasteiger partial charge is 0.491 e. The molecule has 0 spiro atoms. The summed E-state index contributed by atoms with van der Waals surface area (Å²) in [6.45, 7) is 0.985. The number of hydrogen-bond donors (Lipinski definition) is 3. The van der Waals surface area contributed by atoms with E-state index in [2.05, 4.69) is 4.72 Å². The second kappa shape index (κ2) is 7.00. The first-order chi connectivity index (χ1) is 13.3. The van der Waals surface area contributed by atoms with Crippen molar-refractivity contribution in [1.29, 1.82) is 0 Å². The average Bonchev–Trinajstić information content (AvgIpc) is 3.21. The third-order valence-electron chi connectivity index (χ3n) is 4.64. The lowest BCUT2D eigenvalue weighted by Gasteiger charge is -2.17. The maximum atomic E-state index is 13.0. The van der Waals surface area contributed by atoms with E-state index in [1.54, 1.807) is 18.2 Å². The molecule has 2 aromatic carbocycles. The summed E-state index contributed by atoms with van der Waals surface area (Å²) in [4.78, 5) is 13.2. The summed E-state index contributed by atoms with van der Waals surface area (Å²) in [6, 6.07) is 9.26. The van der Waals surface area contributed by atoms with Crippen molar-refractivity contribution in [2.75, 3.05) is 23.6 Å². The van der Waals surface area contributed by atoms with E-state index in [0.717, 1.165) is 5.56 Å². The molecule has 4 N–H and O–H groups in total. The number of nitrogens with one attached hydrogen (secondary N) is 1. The summed E-state index contributed by atoms with van der Waals surface area (Å²) in [5.74, 6) is 0. The zero-order chi connectivity index (χ0) is 19.9. The van der Waals surface area contributed by atoms with E-state index >= 15 is 0 Å². The fraction of sp³-hybridized carbons (Fsp3) is 0.235. The van der Waals surface area contributed by atoms with Crippen LogP contribution in [0.4, 0.5) is 16.2 Å². The Morgan fingerprint density at radius 3 is 2.82 bits per heavy atom. The van der Waals surface area contributed by atoms with Crippen LogP contribution in [0.1, 0.15) is 11.1 Å². The number of sulfonamides is 1. The molecule has 1 amide bonds. The van der Waals surface area contributed by atoms with Crippen LogP contribution in [0.15, 0.2) is 41.3 Å². The second-order valence-corrected chi connectivity index (χ2v) is 8.24. The molecule has 2 heterocycles. The SMILES string of the molecule is Nc1ccc(S(=O)(=O)Nc2ccc3c(c2)B(O)OC3)c(CN2CCOC2=O)c1. The summed E-state index contributed by atoms with van der Waals surface area (Å²) >= 11 is 0. The van der Waals surface area contributed by atoms with E-state index < -0.39 is 23.2 Å². The molecule has 28 heavy (non-hydrogen) atoms. The van der Waals surface area contributed by atoms with Gasteiger partial charge in [-0.15, -0.1) is 0 Å². The maximum absolute atomic E-state index is 13.0. The highest BCUT2D eigenvalue weighted by atomic mass is 32.2. The number of fused-ring (bicyclic) bond motifs is 1. The lowest BCUT2D eigenvalue weighted by atomic mass is 9.79. The Kier molecular flexibility index (Phi) is 4.65. The molecule has 2 aromatic rings. The minimum atomic E-state index is -3.96. The van der Waals surface area contributed by atoms with E-state index in [0.29, 0.717) is 28.9 Å². The fourth-order valence-electron chi connectivity index (χ4n) is 3.25. The number of anilines is 2. The number of rotatable bonds is 5. The zero-order valence-corrected chi connectivity index (χ0v) is 15.6. The van der Waals surface area contributed by atoms with Gasteiger partial charge in [-0.25, -0.2) is 13.2 Å². The molecule has 1 saturated heterocycles. The van der Waals surface area contributed by atoms with E-state index in [1.165, 1.54) is 23.1 Å². The summed E-state index contributed by atoms with van der Waals surface area (Å²) in [7, 11) is -5.04. The molecule has 2 aliphatic heterocycles. The Morgan fingerprint density at radius 1 is 1.25 bits per heavy atom. The van der Waals surface area contributed by atoms with Gasteiger partial charge in [0.25, 0.3) is 10.0 Å². The molecule has 0 saturated carbocycles. The molecule has 0 radical (unpaired) electrons. The van der Waals surface area contributed by atoms with Gasteiger partial charge >= 0.3 is 13.2 Å². The van der Waals surface area contributed by atoms with Crippen molar-refractivity contribution >= 4 is 40.1 Å². The first-order valence-corrected chi connectivity index (χ1v) is 10.1. The molecule has 146 valence electrons. The van der Waals surface area contributed by atoms with Gasteiger partial charge in [-0.1, -0.05) is 6.07 Å². The Bertz CT molecular complexity index is 1050. The number of carbonyl (C=O) groups is 1. The van der Waals surface area contributed by atoms with E-state index in [4.69, 9.17) is 15.1 Å². The van der Waals surface area contributed by atoms with Gasteiger partial charge in [-0.3, -0.25) is 4.72 Å². The first-order valence-electron chi connectivity index (χ1n) is 8.59. The van der Waals surface area contributed by atoms with Crippen molar-refractivity contribution in [3.8, 4) is 0 Å². The highest BCUT2D eigenvalue weighted by Gasteiger charge is 2.29. The van der Waals surface area contributed by atoms with Gasteiger partial charge in [0, 0.05) is 11.4 Å². The first kappa shape index (κ1) is 18.6. The third kappa shape index (κ3) is 3.51. The topological polar surface area (TPSA) is 131 Å². The average molecular weight is 403 g/mol. The Balaban J connectivity index is 1.64. The normalized spacial score (nSPS) is 16.2. The number of ether oxygens (including phenoxy) is 1. The predicted octanol–water partition coefficient (Wildman–Crippen LogP) is 0.239. The molecular formula is C17H18BN3O6S. The number of benzene rings is 2. The van der Waals surface area contributed by atoms with Crippen molar-refractivity contribution < 1.29 is 27.6 Å². The van der Waals surface area contributed by atoms with Crippen LogP contribution in [0.5, 0.6) is 0 Å². The molecule has 1 fully saturated rings. The van der Waals surface area contributed by atoms with Gasteiger partial charge in [-0.05, 0) is 46.9 Å². The smallest absolute Gasteiger partial charge is 0.448 e. The van der Waals surface area contributed by atoms with Crippen molar-refractivity contribution in [2.24, 2.45) is 0 Å². The van der Waals surface area contributed by atoms with Gasteiger partial charge < -0.3 is 25.0 Å². The molecule has 0 bridgehead atoms. The number of nitrogens with two attached hydrogens (primary N) is 1. The predicted molar refractivity (Wildman–Crippen MR) is 102 cm³/mol. The highest BCUT2D eigenvalue weighted by molar-refractivity contribution is 7.92. The summed E-state index contributed by atoms with van der Waals surface area (Å²) < 4.78 is 38.5. The molecule has 9 nitrogen and oxygen atoms in total. The molecule has 2 aliphatic rings. The van der Waals surface area contributed by atoms with Crippen LogP contribution >= 0.6 is 0 Å². The highest BCUT2D eigenvalue weighted by Crippen LogP contribution is 2.25. The standard InChI is InChI=1S/C17H18BN3O6S/c19-13-2-4-16(12(7-13)9-21-5-6-26-17(21)22)28(24,25)20-14-3-1-11-10-27-18(23)15(11)8-14/h1-4,7-8,20,23H,5-6,9-10,19H2. The number of carbonyl (C=O) groups excluding carboxylic acids is 1. The zero-order valence-electron chi connectivity index (χ0n) is 14.8. The lowest BCUT2D eigenvalue weighted by Crippen LogP contribution is -2.29. The number of hydrogen-bond acceptors (Lipinski definition) is 7. The number of nitrogen functional groups attached to an aromatic ring is 1. The Morgan fingerprint density at radius 2 is 2.07 bits per heavy atom. The number of nitrogens with zero attached hydrogens (tertiary/aromatic N) is 1. The van der Waals surface area contributed by atoms with E-state index in [1.807, 2.05) is 0 Å². The van der Waals surface area contributed by atoms with Crippen LogP contribution in [-0.4, -0.2) is 44.7 Å². The maximum Gasteiger partial charge on any atom is 0.491 e. The van der Waals surface area contributed by atoms with E-state index in [-0.39, 0.29) is 24.7 Å². The Hall–Kier alpha value is -2.76. The summed E-state index contributed by atoms with van der Waals surface area (Å²) in [5, 5.41) is 9.82. The monoisotopic (exact) mass is 403 g/mol. The van der Waals surface area contributed by atoms with E-state index in [9.17, 15) is 18.2 Å². The van der Waals surface area contributed by atoms with Crippen molar-refractivity contribution in [1.82, 2.24) is 4.90 Å². The number of cyclic esters (lactones) is 1. The van der Waals surface area contributed by atoms with Crippen LogP contribution in [0, 0.1) is 0 Å².